The van der Waals surface area contributed by atoms with Gasteiger partial charge in [-0.25, -0.2) is 0 Å². The van der Waals surface area contributed by atoms with E-state index in [4.69, 9.17) is 4.42 Å². The number of rotatable bonds is 7. The highest BCUT2D eigenvalue weighted by Crippen LogP contribution is 2.37. The monoisotopic (exact) mass is 382 g/mol. The molecule has 6 heteroatoms. The first-order valence-corrected chi connectivity index (χ1v) is 10.7. The third-order valence-corrected chi connectivity index (χ3v) is 5.99. The van der Waals surface area contributed by atoms with E-state index < -0.39 is 0 Å². The molecule has 2 aliphatic rings. The molecule has 2 fully saturated rings. The van der Waals surface area contributed by atoms with Gasteiger partial charge in [0.25, 0.3) is 0 Å². The molecular weight excluding hydrogens is 352 g/mol. The minimum absolute atomic E-state index is 0.0595. The van der Waals surface area contributed by atoms with Gasteiger partial charge in [-0.2, -0.15) is 0 Å². The highest BCUT2D eigenvalue weighted by Gasteiger charge is 2.37. The first-order chi connectivity index (χ1) is 13.8. The van der Waals surface area contributed by atoms with Crippen LogP contribution in [0.3, 0.4) is 0 Å². The standard InChI is InChI=1S/C22H30N4O2/c1-2-3-5-12-19(27)26-14-17(15-26)21-24-25-22(28-21)20-18(11-8-13-23-20)16-9-6-4-7-10-16/h4,6-7,9-10,17-18,20,23H,2-3,5,8,11-15H2,1H3. The zero-order chi connectivity index (χ0) is 19.3. The maximum Gasteiger partial charge on any atom is 0.234 e. The Kier molecular flexibility index (Phi) is 6.05. The molecule has 0 spiro atoms. The lowest BCUT2D eigenvalue weighted by molar-refractivity contribution is -0.136. The van der Waals surface area contributed by atoms with Crippen LogP contribution < -0.4 is 5.32 Å². The third kappa shape index (κ3) is 4.12. The SMILES string of the molecule is CCCCCC(=O)N1CC(c2nnc(C3NCCCC3c3ccccc3)o2)C1. The molecule has 6 nitrogen and oxygen atoms in total. The van der Waals surface area contributed by atoms with Gasteiger partial charge < -0.3 is 14.6 Å². The van der Waals surface area contributed by atoms with Crippen molar-refractivity contribution in [2.45, 2.75) is 63.3 Å². The van der Waals surface area contributed by atoms with Gasteiger partial charge in [-0.1, -0.05) is 50.1 Å². The molecule has 2 atom stereocenters. The maximum atomic E-state index is 12.2. The van der Waals surface area contributed by atoms with Crippen LogP contribution in [0.4, 0.5) is 0 Å². The summed E-state index contributed by atoms with van der Waals surface area (Å²) in [5, 5.41) is 12.2. The Balaban J connectivity index is 1.37. The summed E-state index contributed by atoms with van der Waals surface area (Å²) in [5.41, 5.74) is 1.31. The Hall–Kier alpha value is -2.21. The van der Waals surface area contributed by atoms with Crippen molar-refractivity contribution in [1.29, 1.82) is 0 Å². The smallest absolute Gasteiger partial charge is 0.234 e. The van der Waals surface area contributed by atoms with Gasteiger partial charge in [0.2, 0.25) is 17.7 Å². The Morgan fingerprint density at radius 3 is 2.75 bits per heavy atom. The molecule has 150 valence electrons. The molecule has 28 heavy (non-hydrogen) atoms. The van der Waals surface area contributed by atoms with E-state index in [0.717, 1.165) is 38.6 Å². The number of aromatic nitrogens is 2. The summed E-state index contributed by atoms with van der Waals surface area (Å²) in [5.74, 6) is 2.13. The van der Waals surface area contributed by atoms with Crippen LogP contribution in [-0.2, 0) is 4.79 Å². The molecule has 2 aliphatic heterocycles. The van der Waals surface area contributed by atoms with Crippen molar-refractivity contribution < 1.29 is 9.21 Å². The number of hydrogen-bond acceptors (Lipinski definition) is 5. The topological polar surface area (TPSA) is 71.3 Å². The number of unbranched alkanes of at least 4 members (excludes halogenated alkanes) is 2. The van der Waals surface area contributed by atoms with Crippen molar-refractivity contribution in [2.24, 2.45) is 0 Å². The zero-order valence-corrected chi connectivity index (χ0v) is 16.6. The van der Waals surface area contributed by atoms with Crippen molar-refractivity contribution in [3.05, 3.63) is 47.7 Å². The fourth-order valence-corrected chi connectivity index (χ4v) is 4.27. The number of carbonyl (C=O) groups excluding carboxylic acids is 1. The second-order valence-corrected chi connectivity index (χ2v) is 8.02. The quantitative estimate of drug-likeness (QED) is 0.738. The number of amides is 1. The van der Waals surface area contributed by atoms with Gasteiger partial charge in [-0.05, 0) is 31.4 Å². The highest BCUT2D eigenvalue weighted by molar-refractivity contribution is 5.77. The number of piperidine rings is 1. The van der Waals surface area contributed by atoms with Gasteiger partial charge in [0.1, 0.15) is 0 Å². The average molecular weight is 383 g/mol. The van der Waals surface area contributed by atoms with Crippen molar-refractivity contribution in [3.8, 4) is 0 Å². The van der Waals surface area contributed by atoms with Crippen LogP contribution in [-0.4, -0.2) is 40.6 Å². The van der Waals surface area contributed by atoms with Crippen LogP contribution >= 0.6 is 0 Å². The van der Waals surface area contributed by atoms with Gasteiger partial charge in [0, 0.05) is 25.4 Å². The van der Waals surface area contributed by atoms with Gasteiger partial charge in [0.15, 0.2) is 0 Å². The Morgan fingerprint density at radius 1 is 1.18 bits per heavy atom. The Labute approximate surface area is 166 Å². The molecule has 2 saturated heterocycles. The maximum absolute atomic E-state index is 12.2. The summed E-state index contributed by atoms with van der Waals surface area (Å²) >= 11 is 0. The molecule has 0 bridgehead atoms. The Bertz CT molecular complexity index is 770. The number of benzene rings is 1. The molecule has 4 rings (SSSR count). The molecule has 0 aliphatic carbocycles. The Morgan fingerprint density at radius 2 is 1.96 bits per heavy atom. The number of carbonyl (C=O) groups is 1. The first kappa shape index (κ1) is 19.1. The van der Waals surface area contributed by atoms with Gasteiger partial charge in [-0.3, -0.25) is 4.79 Å². The van der Waals surface area contributed by atoms with E-state index in [2.05, 4.69) is 46.7 Å². The van der Waals surface area contributed by atoms with E-state index in [-0.39, 0.29) is 17.9 Å². The molecule has 1 aromatic carbocycles. The van der Waals surface area contributed by atoms with E-state index in [1.54, 1.807) is 0 Å². The predicted octanol–water partition coefficient (Wildman–Crippen LogP) is 3.78. The van der Waals surface area contributed by atoms with Crippen LogP contribution in [0.5, 0.6) is 0 Å². The first-order valence-electron chi connectivity index (χ1n) is 10.7. The van der Waals surface area contributed by atoms with Crippen LogP contribution in [0.25, 0.3) is 0 Å². The van der Waals surface area contributed by atoms with Crippen molar-refractivity contribution in [2.75, 3.05) is 19.6 Å². The molecule has 1 amide bonds. The van der Waals surface area contributed by atoms with Crippen LogP contribution in [0.2, 0.25) is 0 Å². The van der Waals surface area contributed by atoms with E-state index in [1.165, 1.54) is 5.56 Å². The molecule has 3 heterocycles. The van der Waals surface area contributed by atoms with E-state index >= 15 is 0 Å². The minimum Gasteiger partial charge on any atom is -0.423 e. The van der Waals surface area contributed by atoms with E-state index in [0.29, 0.717) is 37.2 Å². The van der Waals surface area contributed by atoms with Crippen molar-refractivity contribution in [1.82, 2.24) is 20.4 Å². The molecule has 1 N–H and O–H groups in total. The fraction of sp³-hybridized carbons (Fsp3) is 0.591. The van der Waals surface area contributed by atoms with Crippen molar-refractivity contribution in [3.63, 3.8) is 0 Å². The summed E-state index contributed by atoms with van der Waals surface area (Å²) in [6.45, 7) is 4.52. The summed E-state index contributed by atoms with van der Waals surface area (Å²) < 4.78 is 6.08. The summed E-state index contributed by atoms with van der Waals surface area (Å²) in [7, 11) is 0. The predicted molar refractivity (Wildman–Crippen MR) is 107 cm³/mol. The van der Waals surface area contributed by atoms with Crippen molar-refractivity contribution >= 4 is 5.91 Å². The third-order valence-electron chi connectivity index (χ3n) is 5.99. The lowest BCUT2D eigenvalue weighted by Crippen LogP contribution is -2.48. The second-order valence-electron chi connectivity index (χ2n) is 8.02. The molecule has 0 radical (unpaired) electrons. The lowest BCUT2D eigenvalue weighted by Gasteiger charge is -2.37. The average Bonchev–Trinajstić information content (AvgIpc) is 3.17. The molecule has 2 aromatic rings. The number of nitrogens with zero attached hydrogens (tertiary/aromatic N) is 3. The number of nitrogens with one attached hydrogen (secondary N) is 1. The largest absolute Gasteiger partial charge is 0.423 e. The molecular formula is C22H30N4O2. The van der Waals surface area contributed by atoms with Gasteiger partial charge in [-0.15, -0.1) is 10.2 Å². The lowest BCUT2D eigenvalue weighted by atomic mass is 9.85. The van der Waals surface area contributed by atoms with Gasteiger partial charge in [0.05, 0.1) is 12.0 Å². The zero-order valence-electron chi connectivity index (χ0n) is 16.6. The molecule has 1 aromatic heterocycles. The summed E-state index contributed by atoms with van der Waals surface area (Å²) in [6, 6.07) is 10.6. The molecule has 0 saturated carbocycles. The molecule has 2 unspecified atom stereocenters. The number of hydrogen-bond donors (Lipinski definition) is 1. The van der Waals surface area contributed by atoms with Crippen LogP contribution in [0.1, 0.15) is 80.7 Å². The summed E-state index contributed by atoms with van der Waals surface area (Å²) in [4.78, 5) is 14.1. The van der Waals surface area contributed by atoms with Crippen LogP contribution in [0, 0.1) is 0 Å². The van der Waals surface area contributed by atoms with E-state index in [9.17, 15) is 4.79 Å². The fourth-order valence-electron chi connectivity index (χ4n) is 4.27. The van der Waals surface area contributed by atoms with Gasteiger partial charge >= 0.3 is 0 Å². The number of likely N-dealkylation sites (tertiary alicyclic amines) is 1. The van der Waals surface area contributed by atoms with Crippen LogP contribution in [0.15, 0.2) is 34.7 Å². The second kappa shape index (κ2) is 8.86. The summed E-state index contributed by atoms with van der Waals surface area (Å²) in [6.07, 6.45) is 6.15. The van der Waals surface area contributed by atoms with E-state index in [1.807, 2.05) is 11.0 Å². The highest BCUT2D eigenvalue weighted by atomic mass is 16.4. The minimum atomic E-state index is 0.0595. The normalized spacial score (nSPS) is 22.8.